The van der Waals surface area contributed by atoms with Crippen molar-refractivity contribution in [3.05, 3.63) is 29.3 Å². The Bertz CT molecular complexity index is 941. The maximum atomic E-state index is 12.7. The van der Waals surface area contributed by atoms with Crippen molar-refractivity contribution >= 4 is 35.2 Å². The maximum Gasteiger partial charge on any atom is 0.233 e. The molecule has 0 aliphatic carbocycles. The molecule has 0 saturated carbocycles. The molecule has 0 radical (unpaired) electrons. The van der Waals surface area contributed by atoms with Crippen LogP contribution in [0.5, 0.6) is 0 Å². The van der Waals surface area contributed by atoms with Crippen LogP contribution in [0, 0.1) is 22.7 Å². The van der Waals surface area contributed by atoms with E-state index in [1.54, 1.807) is 4.90 Å². The molecule has 0 bridgehead atoms. The Balaban J connectivity index is 1.80. The van der Waals surface area contributed by atoms with Gasteiger partial charge < -0.3 is 9.80 Å². The molecule has 2 aromatic rings. The topological polar surface area (TPSA) is 102 Å². The van der Waals surface area contributed by atoms with Crippen LogP contribution in [0.15, 0.2) is 29.4 Å². The van der Waals surface area contributed by atoms with Crippen LogP contribution < -0.4 is 4.90 Å². The lowest BCUT2D eigenvalue weighted by Gasteiger charge is -2.20. The van der Waals surface area contributed by atoms with E-state index < -0.39 is 0 Å². The van der Waals surface area contributed by atoms with E-state index in [1.807, 2.05) is 41.0 Å². The second-order valence-corrected chi connectivity index (χ2v) is 8.16. The number of carbonyl (C=O) groups is 1. The summed E-state index contributed by atoms with van der Waals surface area (Å²) < 4.78 is 1.93. The maximum absolute atomic E-state index is 12.7. The standard InChI is InChI=1S/C20H22ClN7OS/c21-16-6-3-7-17(14-16)28-19(27-10-1-2-11-27)24-25-20(28)30-15-18(29)26(12-4-8-22)13-5-9-23/h3,6-7,14H,1-2,4-5,10-13,15H2. The van der Waals surface area contributed by atoms with E-state index in [0.29, 0.717) is 23.3 Å². The van der Waals surface area contributed by atoms with Gasteiger partial charge in [0.15, 0.2) is 5.16 Å². The lowest BCUT2D eigenvalue weighted by Crippen LogP contribution is -2.34. The first kappa shape index (κ1) is 21.9. The highest BCUT2D eigenvalue weighted by Gasteiger charge is 2.23. The molecule has 1 saturated heterocycles. The van der Waals surface area contributed by atoms with E-state index >= 15 is 0 Å². The fourth-order valence-corrected chi connectivity index (χ4v) is 4.30. The summed E-state index contributed by atoms with van der Waals surface area (Å²) in [7, 11) is 0. The van der Waals surface area contributed by atoms with Crippen molar-refractivity contribution in [2.75, 3.05) is 36.8 Å². The van der Waals surface area contributed by atoms with Crippen LogP contribution in [-0.2, 0) is 4.79 Å². The minimum Gasteiger partial charge on any atom is -0.341 e. The zero-order chi connectivity index (χ0) is 21.3. The third kappa shape index (κ3) is 5.44. The Morgan fingerprint density at radius 2 is 1.87 bits per heavy atom. The number of amides is 1. The molecular weight excluding hydrogens is 422 g/mol. The van der Waals surface area contributed by atoms with Crippen LogP contribution in [0.4, 0.5) is 5.95 Å². The van der Waals surface area contributed by atoms with Gasteiger partial charge in [0.25, 0.3) is 0 Å². The number of hydrogen-bond donors (Lipinski definition) is 0. The van der Waals surface area contributed by atoms with Crippen molar-refractivity contribution in [3.63, 3.8) is 0 Å². The number of aromatic nitrogens is 3. The summed E-state index contributed by atoms with van der Waals surface area (Å²) in [6, 6.07) is 11.6. The highest BCUT2D eigenvalue weighted by molar-refractivity contribution is 7.99. The second kappa shape index (κ2) is 10.9. The van der Waals surface area contributed by atoms with Gasteiger partial charge in [0, 0.05) is 31.2 Å². The number of nitriles is 2. The molecule has 1 aliphatic rings. The summed E-state index contributed by atoms with van der Waals surface area (Å²) in [4.78, 5) is 16.4. The predicted molar refractivity (Wildman–Crippen MR) is 116 cm³/mol. The molecule has 10 heteroatoms. The molecule has 156 valence electrons. The number of carbonyl (C=O) groups excluding carboxylic acids is 1. The third-order valence-corrected chi connectivity index (χ3v) is 5.88. The van der Waals surface area contributed by atoms with Crippen LogP contribution in [-0.4, -0.2) is 57.5 Å². The number of thioether (sulfide) groups is 1. The smallest absolute Gasteiger partial charge is 0.233 e. The number of nitrogens with zero attached hydrogens (tertiary/aromatic N) is 7. The van der Waals surface area contributed by atoms with Gasteiger partial charge in [-0.05, 0) is 31.0 Å². The number of halogens is 1. The summed E-state index contributed by atoms with van der Waals surface area (Å²) in [6.45, 7) is 2.46. The molecule has 30 heavy (non-hydrogen) atoms. The van der Waals surface area contributed by atoms with E-state index in [4.69, 9.17) is 22.1 Å². The molecule has 0 N–H and O–H groups in total. The van der Waals surface area contributed by atoms with Gasteiger partial charge in [-0.25, -0.2) is 0 Å². The molecule has 2 heterocycles. The Morgan fingerprint density at radius 1 is 1.17 bits per heavy atom. The average molecular weight is 444 g/mol. The Kier molecular flexibility index (Phi) is 7.95. The number of anilines is 1. The first-order chi connectivity index (χ1) is 14.6. The molecule has 0 spiro atoms. The first-order valence-electron chi connectivity index (χ1n) is 9.75. The molecular formula is C20H22ClN7OS. The largest absolute Gasteiger partial charge is 0.341 e. The van der Waals surface area contributed by atoms with Crippen LogP contribution in [0.2, 0.25) is 5.02 Å². The van der Waals surface area contributed by atoms with Crippen molar-refractivity contribution in [1.29, 1.82) is 10.5 Å². The van der Waals surface area contributed by atoms with E-state index in [0.717, 1.165) is 37.6 Å². The number of benzene rings is 1. The lowest BCUT2D eigenvalue weighted by atomic mass is 10.3. The molecule has 3 rings (SSSR count). The zero-order valence-electron chi connectivity index (χ0n) is 16.5. The highest BCUT2D eigenvalue weighted by Crippen LogP contribution is 2.29. The van der Waals surface area contributed by atoms with E-state index in [2.05, 4.69) is 15.1 Å². The minimum atomic E-state index is -0.131. The van der Waals surface area contributed by atoms with Gasteiger partial charge in [0.2, 0.25) is 11.9 Å². The van der Waals surface area contributed by atoms with E-state index in [-0.39, 0.29) is 24.5 Å². The third-order valence-electron chi connectivity index (χ3n) is 4.74. The van der Waals surface area contributed by atoms with Crippen LogP contribution in [0.25, 0.3) is 5.69 Å². The van der Waals surface area contributed by atoms with Crippen LogP contribution >= 0.6 is 23.4 Å². The molecule has 1 amide bonds. The molecule has 0 unspecified atom stereocenters. The first-order valence-corrected chi connectivity index (χ1v) is 11.1. The fraction of sp³-hybridized carbons (Fsp3) is 0.450. The SMILES string of the molecule is N#CCCN(CCC#N)C(=O)CSc1nnc(N2CCCC2)n1-c1cccc(Cl)c1. The Hall–Kier alpha value is -2.75. The van der Waals surface area contributed by atoms with Gasteiger partial charge in [-0.3, -0.25) is 9.36 Å². The van der Waals surface area contributed by atoms with E-state index in [1.165, 1.54) is 11.8 Å². The van der Waals surface area contributed by atoms with Crippen molar-refractivity contribution in [3.8, 4) is 17.8 Å². The van der Waals surface area contributed by atoms with Crippen LogP contribution in [0.3, 0.4) is 0 Å². The quantitative estimate of drug-likeness (QED) is 0.548. The summed E-state index contributed by atoms with van der Waals surface area (Å²) in [5.41, 5.74) is 0.843. The van der Waals surface area contributed by atoms with Gasteiger partial charge in [-0.2, -0.15) is 10.5 Å². The predicted octanol–water partition coefficient (Wildman–Crippen LogP) is 3.27. The molecule has 0 atom stereocenters. The Morgan fingerprint density at radius 3 is 2.50 bits per heavy atom. The lowest BCUT2D eigenvalue weighted by molar-refractivity contribution is -0.128. The zero-order valence-corrected chi connectivity index (χ0v) is 18.1. The van der Waals surface area contributed by atoms with Crippen molar-refractivity contribution in [1.82, 2.24) is 19.7 Å². The van der Waals surface area contributed by atoms with Gasteiger partial charge in [0.1, 0.15) is 0 Å². The van der Waals surface area contributed by atoms with Gasteiger partial charge in [-0.15, -0.1) is 10.2 Å². The minimum absolute atomic E-state index is 0.131. The van der Waals surface area contributed by atoms with E-state index in [9.17, 15) is 4.79 Å². The number of rotatable bonds is 9. The molecule has 8 nitrogen and oxygen atoms in total. The summed E-state index contributed by atoms with van der Waals surface area (Å²) in [5, 5.41) is 27.6. The summed E-state index contributed by atoms with van der Waals surface area (Å²) >= 11 is 7.50. The molecule has 1 aromatic carbocycles. The molecule has 1 aliphatic heterocycles. The number of hydrogen-bond acceptors (Lipinski definition) is 7. The van der Waals surface area contributed by atoms with Gasteiger partial charge >= 0.3 is 0 Å². The average Bonchev–Trinajstić information content (AvgIpc) is 3.41. The monoisotopic (exact) mass is 443 g/mol. The van der Waals surface area contributed by atoms with Gasteiger partial charge in [-0.1, -0.05) is 29.4 Å². The molecule has 1 fully saturated rings. The molecule has 1 aromatic heterocycles. The summed E-state index contributed by atoms with van der Waals surface area (Å²) in [5.74, 6) is 0.764. The normalized spacial score (nSPS) is 13.1. The highest BCUT2D eigenvalue weighted by atomic mass is 35.5. The van der Waals surface area contributed by atoms with Crippen molar-refractivity contribution in [2.45, 2.75) is 30.8 Å². The fourth-order valence-electron chi connectivity index (χ4n) is 3.27. The van der Waals surface area contributed by atoms with Crippen LogP contribution in [0.1, 0.15) is 25.7 Å². The summed E-state index contributed by atoms with van der Waals surface area (Å²) in [6.07, 6.45) is 2.69. The Labute approximate surface area is 185 Å². The van der Waals surface area contributed by atoms with Crippen molar-refractivity contribution in [2.24, 2.45) is 0 Å². The second-order valence-electron chi connectivity index (χ2n) is 6.78. The van der Waals surface area contributed by atoms with Gasteiger partial charge in [0.05, 0.1) is 36.4 Å². The van der Waals surface area contributed by atoms with Crippen molar-refractivity contribution < 1.29 is 4.79 Å².